The van der Waals surface area contributed by atoms with Gasteiger partial charge in [0.15, 0.2) is 0 Å². The van der Waals surface area contributed by atoms with Crippen molar-refractivity contribution in [1.29, 1.82) is 0 Å². The number of hydrogen-bond acceptors (Lipinski definition) is 6. The lowest BCUT2D eigenvalue weighted by atomic mass is 10.1. The average Bonchev–Trinajstić information content (AvgIpc) is 2.67. The van der Waals surface area contributed by atoms with Gasteiger partial charge in [0.1, 0.15) is 11.9 Å². The molecule has 2 amide bonds. The number of carbonyl (C=O) groups is 2. The molecule has 0 aliphatic rings. The lowest BCUT2D eigenvalue weighted by Gasteiger charge is -2.14. The summed E-state index contributed by atoms with van der Waals surface area (Å²) >= 11 is 0. The number of rotatable bonds is 8. The summed E-state index contributed by atoms with van der Waals surface area (Å²) in [5.74, 6) is -0.347. The van der Waals surface area contributed by atoms with Crippen molar-refractivity contribution in [1.82, 2.24) is 20.8 Å². The van der Waals surface area contributed by atoms with Crippen LogP contribution in [0.2, 0.25) is 0 Å². The van der Waals surface area contributed by atoms with Crippen molar-refractivity contribution in [3.05, 3.63) is 60.1 Å². The van der Waals surface area contributed by atoms with Crippen LogP contribution in [0.1, 0.15) is 18.2 Å². The molecule has 0 radical (unpaired) electrons. The van der Waals surface area contributed by atoms with Crippen LogP contribution >= 0.6 is 0 Å². The van der Waals surface area contributed by atoms with E-state index in [1.54, 1.807) is 6.92 Å². The summed E-state index contributed by atoms with van der Waals surface area (Å²) in [6.07, 6.45) is 6.21. The van der Waals surface area contributed by atoms with Gasteiger partial charge in [0.2, 0.25) is 5.91 Å². The van der Waals surface area contributed by atoms with Crippen molar-refractivity contribution in [3.63, 3.8) is 0 Å². The van der Waals surface area contributed by atoms with Crippen LogP contribution in [0, 0.1) is 0 Å². The van der Waals surface area contributed by atoms with Gasteiger partial charge in [0.25, 0.3) is 5.91 Å². The number of anilines is 1. The highest BCUT2D eigenvalue weighted by Crippen LogP contribution is 2.05. The summed E-state index contributed by atoms with van der Waals surface area (Å²) in [6.45, 7) is 2.29. The summed E-state index contributed by atoms with van der Waals surface area (Å²) in [4.78, 5) is 31.2. The molecule has 0 unspecified atom stereocenters. The number of carbonyl (C=O) groups excluding carboxylic acids is 2. The number of hydrogen-bond donors (Lipinski definition) is 4. The number of benzene rings is 1. The van der Waals surface area contributed by atoms with Crippen LogP contribution < -0.4 is 16.1 Å². The zero-order valence-electron chi connectivity index (χ0n) is 14.3. The number of amides is 2. The standard InChI is InChI=1S/C18H21N5O3/c1-13(18(25)19-10-9-14-5-3-2-4-6-14)22-16-12-20-15(11-21-16)7-8-17(24)23-26/h2-8,11-13,26H,9-10H2,1H3,(H,19,25)(H,21,22)(H,23,24)/b8-7+/t13-/m1/s1. The number of aromatic nitrogens is 2. The Morgan fingerprint density at radius 1 is 1.19 bits per heavy atom. The Bertz CT molecular complexity index is 747. The van der Waals surface area contributed by atoms with Gasteiger partial charge >= 0.3 is 0 Å². The van der Waals surface area contributed by atoms with E-state index in [9.17, 15) is 9.59 Å². The molecule has 4 N–H and O–H groups in total. The molecule has 8 nitrogen and oxygen atoms in total. The molecule has 136 valence electrons. The van der Waals surface area contributed by atoms with Crippen LogP contribution in [0.15, 0.2) is 48.8 Å². The van der Waals surface area contributed by atoms with E-state index >= 15 is 0 Å². The number of nitrogens with zero attached hydrogens (tertiary/aromatic N) is 2. The van der Waals surface area contributed by atoms with Crippen LogP contribution in [0.4, 0.5) is 5.82 Å². The average molecular weight is 355 g/mol. The Balaban J connectivity index is 1.79. The second-order valence-electron chi connectivity index (χ2n) is 5.53. The second kappa shape index (κ2) is 9.90. The van der Waals surface area contributed by atoms with Gasteiger partial charge in [-0.15, -0.1) is 0 Å². The van der Waals surface area contributed by atoms with Crippen LogP contribution in [-0.2, 0) is 16.0 Å². The van der Waals surface area contributed by atoms with Gasteiger partial charge in [-0.3, -0.25) is 19.8 Å². The molecule has 0 spiro atoms. The molecule has 0 aliphatic heterocycles. The Kier molecular flexibility index (Phi) is 7.26. The highest BCUT2D eigenvalue weighted by molar-refractivity contribution is 5.90. The minimum atomic E-state index is -0.658. The van der Waals surface area contributed by atoms with Crippen molar-refractivity contribution in [2.45, 2.75) is 19.4 Å². The highest BCUT2D eigenvalue weighted by Gasteiger charge is 2.12. The van der Waals surface area contributed by atoms with Gasteiger partial charge in [0.05, 0.1) is 18.1 Å². The van der Waals surface area contributed by atoms with Gasteiger partial charge in [-0.25, -0.2) is 10.5 Å². The SMILES string of the molecule is C[C@@H](Nc1cnc(/C=C/C(=O)NO)cn1)C(=O)NCCc1ccccc1. The largest absolute Gasteiger partial charge is 0.357 e. The second-order valence-corrected chi connectivity index (χ2v) is 5.53. The molecule has 0 saturated carbocycles. The summed E-state index contributed by atoms with van der Waals surface area (Å²) < 4.78 is 0. The van der Waals surface area contributed by atoms with Gasteiger partial charge in [0, 0.05) is 12.6 Å². The number of nitrogens with one attached hydrogen (secondary N) is 3. The zero-order valence-corrected chi connectivity index (χ0v) is 14.3. The van der Waals surface area contributed by atoms with Crippen LogP contribution in [0.3, 0.4) is 0 Å². The predicted molar refractivity (Wildman–Crippen MR) is 97.2 cm³/mol. The third-order valence-corrected chi connectivity index (χ3v) is 3.50. The molecule has 2 rings (SSSR count). The van der Waals surface area contributed by atoms with Crippen LogP contribution in [0.5, 0.6) is 0 Å². The normalized spacial score (nSPS) is 11.8. The third kappa shape index (κ3) is 6.33. The zero-order chi connectivity index (χ0) is 18.8. The van der Waals surface area contributed by atoms with Gasteiger partial charge in [-0.1, -0.05) is 30.3 Å². The molecule has 0 bridgehead atoms. The minimum Gasteiger partial charge on any atom is -0.357 e. The molecular formula is C18H21N5O3. The fourth-order valence-electron chi connectivity index (χ4n) is 2.11. The van der Waals surface area contributed by atoms with E-state index in [0.717, 1.165) is 18.1 Å². The molecule has 1 aromatic heterocycles. The van der Waals surface area contributed by atoms with E-state index in [2.05, 4.69) is 20.6 Å². The van der Waals surface area contributed by atoms with E-state index in [4.69, 9.17) is 5.21 Å². The molecular weight excluding hydrogens is 334 g/mol. The Morgan fingerprint density at radius 3 is 2.62 bits per heavy atom. The molecule has 1 atom stereocenters. The van der Waals surface area contributed by atoms with Crippen molar-refractivity contribution >= 4 is 23.7 Å². The van der Waals surface area contributed by atoms with Crippen molar-refractivity contribution in [3.8, 4) is 0 Å². The lowest BCUT2D eigenvalue weighted by molar-refractivity contribution is -0.124. The van der Waals surface area contributed by atoms with E-state index in [1.807, 2.05) is 30.3 Å². The maximum absolute atomic E-state index is 12.1. The highest BCUT2D eigenvalue weighted by atomic mass is 16.5. The Hall–Kier alpha value is -3.26. The summed E-state index contributed by atoms with van der Waals surface area (Å²) in [7, 11) is 0. The maximum atomic E-state index is 12.1. The van der Waals surface area contributed by atoms with Gasteiger partial charge in [-0.2, -0.15) is 0 Å². The fourth-order valence-corrected chi connectivity index (χ4v) is 2.11. The monoisotopic (exact) mass is 355 g/mol. The number of hydroxylamine groups is 1. The van der Waals surface area contributed by atoms with Crippen molar-refractivity contribution in [2.24, 2.45) is 0 Å². The molecule has 0 fully saturated rings. The van der Waals surface area contributed by atoms with Crippen LogP contribution in [0.25, 0.3) is 6.08 Å². The molecule has 1 aromatic carbocycles. The van der Waals surface area contributed by atoms with E-state index in [-0.39, 0.29) is 5.91 Å². The molecule has 8 heteroatoms. The summed E-state index contributed by atoms with van der Waals surface area (Å²) in [6, 6.07) is 9.45. The summed E-state index contributed by atoms with van der Waals surface area (Å²) in [5, 5.41) is 14.2. The molecule has 26 heavy (non-hydrogen) atoms. The van der Waals surface area contributed by atoms with Gasteiger partial charge in [-0.05, 0) is 25.0 Å². The van der Waals surface area contributed by atoms with E-state index in [0.29, 0.717) is 18.1 Å². The van der Waals surface area contributed by atoms with Crippen molar-refractivity contribution < 1.29 is 14.8 Å². The quantitative estimate of drug-likeness (QED) is 0.321. The first kappa shape index (κ1) is 19.1. The molecule has 1 heterocycles. The topological polar surface area (TPSA) is 116 Å². The molecule has 0 saturated heterocycles. The first-order valence-electron chi connectivity index (χ1n) is 8.11. The Labute approximate surface area is 151 Å². The summed E-state index contributed by atoms with van der Waals surface area (Å²) in [5.41, 5.74) is 3.09. The van der Waals surface area contributed by atoms with E-state index in [1.165, 1.54) is 23.9 Å². The molecule has 2 aromatic rings. The van der Waals surface area contributed by atoms with Crippen LogP contribution in [-0.4, -0.2) is 39.6 Å². The minimum absolute atomic E-state index is 0.133. The third-order valence-electron chi connectivity index (χ3n) is 3.50. The lowest BCUT2D eigenvalue weighted by Crippen LogP contribution is -2.38. The smallest absolute Gasteiger partial charge is 0.267 e. The Morgan fingerprint density at radius 2 is 1.96 bits per heavy atom. The van der Waals surface area contributed by atoms with E-state index < -0.39 is 11.9 Å². The predicted octanol–water partition coefficient (Wildman–Crippen LogP) is 1.15. The van der Waals surface area contributed by atoms with Crippen molar-refractivity contribution in [2.75, 3.05) is 11.9 Å². The first-order chi connectivity index (χ1) is 12.6. The van der Waals surface area contributed by atoms with Gasteiger partial charge < -0.3 is 10.6 Å². The first-order valence-corrected chi connectivity index (χ1v) is 8.11. The fraction of sp³-hybridized carbons (Fsp3) is 0.222. The maximum Gasteiger partial charge on any atom is 0.267 e. The molecule has 0 aliphatic carbocycles.